The van der Waals surface area contributed by atoms with Crippen LogP contribution in [0.2, 0.25) is 0 Å². The minimum absolute atomic E-state index is 0.210. The largest absolute Gasteiger partial charge is 0.327 e. The molecule has 0 bridgehead atoms. The first-order chi connectivity index (χ1) is 9.33. The highest BCUT2D eigenvalue weighted by Gasteiger charge is 2.25. The van der Waals surface area contributed by atoms with Crippen LogP contribution in [-0.4, -0.2) is 6.04 Å². The molecule has 0 radical (unpaired) electrons. The average molecular weight is 251 g/mol. The first kappa shape index (κ1) is 12.4. The summed E-state index contributed by atoms with van der Waals surface area (Å²) in [6, 6.07) is 19.6. The van der Waals surface area contributed by atoms with Gasteiger partial charge in [-0.1, -0.05) is 54.6 Å². The monoisotopic (exact) mass is 251 g/mol. The molecule has 1 saturated carbocycles. The van der Waals surface area contributed by atoms with Gasteiger partial charge in [-0.2, -0.15) is 0 Å². The lowest BCUT2D eigenvalue weighted by Crippen LogP contribution is -2.26. The van der Waals surface area contributed by atoms with E-state index in [1.54, 1.807) is 0 Å². The molecule has 19 heavy (non-hydrogen) atoms. The lowest BCUT2D eigenvalue weighted by molar-refractivity contribution is 0.661. The minimum atomic E-state index is 0.210. The van der Waals surface area contributed by atoms with E-state index in [0.29, 0.717) is 0 Å². The molecule has 3 rings (SSSR count). The zero-order valence-electron chi connectivity index (χ0n) is 11.3. The van der Waals surface area contributed by atoms with Gasteiger partial charge in [0.05, 0.1) is 0 Å². The predicted molar refractivity (Wildman–Crippen MR) is 80.2 cm³/mol. The Morgan fingerprint density at radius 3 is 2.32 bits per heavy atom. The normalized spacial score (nSPS) is 16.3. The molecule has 2 aromatic carbocycles. The van der Waals surface area contributed by atoms with Crippen molar-refractivity contribution in [3.05, 3.63) is 71.3 Å². The van der Waals surface area contributed by atoms with E-state index in [9.17, 15) is 0 Å². The number of nitrogens with two attached hydrogens (primary N) is 1. The van der Waals surface area contributed by atoms with Crippen LogP contribution >= 0.6 is 0 Å². The van der Waals surface area contributed by atoms with Crippen molar-refractivity contribution in [1.29, 1.82) is 0 Å². The molecule has 0 aromatic heterocycles. The fourth-order valence-electron chi connectivity index (χ4n) is 2.78. The minimum Gasteiger partial charge on any atom is -0.327 e. The molecule has 1 atom stereocenters. The third-order valence-corrected chi connectivity index (χ3v) is 3.90. The summed E-state index contributed by atoms with van der Waals surface area (Å²) in [4.78, 5) is 0. The molecular formula is C18H21N. The Bertz CT molecular complexity index is 528. The van der Waals surface area contributed by atoms with Crippen LogP contribution in [0.15, 0.2) is 54.6 Å². The highest BCUT2D eigenvalue weighted by molar-refractivity contribution is 5.34. The molecule has 1 heteroatoms. The summed E-state index contributed by atoms with van der Waals surface area (Å²) in [6.07, 6.45) is 4.65. The molecule has 1 fully saturated rings. The molecule has 1 nitrogen and oxygen atoms in total. The van der Waals surface area contributed by atoms with Crippen molar-refractivity contribution in [3.8, 4) is 0 Å². The lowest BCUT2D eigenvalue weighted by Gasteiger charge is -2.15. The standard InChI is InChI=1S/C18H21N/c19-17(12-14-6-2-1-3-7-14)13-16-8-4-5-9-18(16)15-10-11-15/h1-9,15,17H,10-13,19H2. The van der Waals surface area contributed by atoms with Crippen molar-refractivity contribution in [3.63, 3.8) is 0 Å². The summed E-state index contributed by atoms with van der Waals surface area (Å²) in [7, 11) is 0. The second-order valence-corrected chi connectivity index (χ2v) is 5.63. The van der Waals surface area contributed by atoms with Crippen LogP contribution < -0.4 is 5.73 Å². The zero-order chi connectivity index (χ0) is 13.1. The summed E-state index contributed by atoms with van der Waals surface area (Å²) in [5.74, 6) is 0.806. The van der Waals surface area contributed by atoms with E-state index in [-0.39, 0.29) is 6.04 Å². The third kappa shape index (κ3) is 3.24. The molecule has 1 aliphatic rings. The quantitative estimate of drug-likeness (QED) is 0.862. The Labute approximate surface area is 115 Å². The molecule has 1 unspecified atom stereocenters. The van der Waals surface area contributed by atoms with Gasteiger partial charge in [0.1, 0.15) is 0 Å². The number of rotatable bonds is 5. The molecule has 0 heterocycles. The molecular weight excluding hydrogens is 230 g/mol. The van der Waals surface area contributed by atoms with Crippen molar-refractivity contribution < 1.29 is 0 Å². The van der Waals surface area contributed by atoms with Crippen LogP contribution in [0.3, 0.4) is 0 Å². The highest BCUT2D eigenvalue weighted by Crippen LogP contribution is 2.41. The van der Waals surface area contributed by atoms with E-state index >= 15 is 0 Å². The Balaban J connectivity index is 1.68. The van der Waals surface area contributed by atoms with Gasteiger partial charge in [0.25, 0.3) is 0 Å². The lowest BCUT2D eigenvalue weighted by atomic mass is 9.94. The van der Waals surface area contributed by atoms with E-state index in [2.05, 4.69) is 54.6 Å². The molecule has 0 amide bonds. The van der Waals surface area contributed by atoms with Crippen molar-refractivity contribution in [2.45, 2.75) is 37.6 Å². The Morgan fingerprint density at radius 1 is 0.895 bits per heavy atom. The number of hydrogen-bond acceptors (Lipinski definition) is 1. The van der Waals surface area contributed by atoms with Gasteiger partial charge in [-0.05, 0) is 48.3 Å². The van der Waals surface area contributed by atoms with Crippen LogP contribution in [-0.2, 0) is 12.8 Å². The molecule has 2 N–H and O–H groups in total. The van der Waals surface area contributed by atoms with Crippen LogP contribution in [0.25, 0.3) is 0 Å². The van der Waals surface area contributed by atoms with Gasteiger partial charge in [-0.3, -0.25) is 0 Å². The van der Waals surface area contributed by atoms with Crippen LogP contribution in [0.1, 0.15) is 35.4 Å². The first-order valence-electron chi connectivity index (χ1n) is 7.20. The fraction of sp³-hybridized carbons (Fsp3) is 0.333. The Kier molecular flexibility index (Phi) is 3.65. The molecule has 2 aromatic rings. The molecule has 0 aliphatic heterocycles. The summed E-state index contributed by atoms with van der Waals surface area (Å²) in [5, 5.41) is 0. The molecule has 1 aliphatic carbocycles. The van der Waals surface area contributed by atoms with Gasteiger partial charge in [0.15, 0.2) is 0 Å². The fourth-order valence-corrected chi connectivity index (χ4v) is 2.78. The maximum Gasteiger partial charge on any atom is 0.0120 e. The summed E-state index contributed by atoms with van der Waals surface area (Å²) >= 11 is 0. The van der Waals surface area contributed by atoms with Crippen LogP contribution in [0.4, 0.5) is 0 Å². The Morgan fingerprint density at radius 2 is 1.58 bits per heavy atom. The Hall–Kier alpha value is -1.60. The van der Waals surface area contributed by atoms with Crippen molar-refractivity contribution in [1.82, 2.24) is 0 Å². The molecule has 0 saturated heterocycles. The van der Waals surface area contributed by atoms with Gasteiger partial charge in [0, 0.05) is 6.04 Å². The second-order valence-electron chi connectivity index (χ2n) is 5.63. The zero-order valence-corrected chi connectivity index (χ0v) is 11.3. The summed E-state index contributed by atoms with van der Waals surface area (Å²) < 4.78 is 0. The van der Waals surface area contributed by atoms with Crippen molar-refractivity contribution >= 4 is 0 Å². The topological polar surface area (TPSA) is 26.0 Å². The first-order valence-corrected chi connectivity index (χ1v) is 7.20. The SMILES string of the molecule is NC(Cc1ccccc1)Cc1ccccc1C1CC1. The smallest absolute Gasteiger partial charge is 0.0120 e. The van der Waals surface area contributed by atoms with Gasteiger partial charge in [-0.15, -0.1) is 0 Å². The summed E-state index contributed by atoms with van der Waals surface area (Å²) in [6.45, 7) is 0. The highest BCUT2D eigenvalue weighted by atomic mass is 14.6. The number of benzene rings is 2. The van der Waals surface area contributed by atoms with Gasteiger partial charge in [-0.25, -0.2) is 0 Å². The van der Waals surface area contributed by atoms with Gasteiger partial charge < -0.3 is 5.73 Å². The van der Waals surface area contributed by atoms with Crippen molar-refractivity contribution in [2.75, 3.05) is 0 Å². The van der Waals surface area contributed by atoms with Crippen LogP contribution in [0.5, 0.6) is 0 Å². The third-order valence-electron chi connectivity index (χ3n) is 3.90. The van der Waals surface area contributed by atoms with Crippen molar-refractivity contribution in [2.24, 2.45) is 5.73 Å². The predicted octanol–water partition coefficient (Wildman–Crippen LogP) is 3.68. The summed E-state index contributed by atoms with van der Waals surface area (Å²) in [5.41, 5.74) is 10.6. The molecule has 98 valence electrons. The van der Waals surface area contributed by atoms with E-state index in [4.69, 9.17) is 5.73 Å². The maximum atomic E-state index is 6.33. The van der Waals surface area contributed by atoms with E-state index in [1.807, 2.05) is 0 Å². The second kappa shape index (κ2) is 5.58. The molecule has 0 spiro atoms. The van der Waals surface area contributed by atoms with E-state index in [1.165, 1.54) is 29.5 Å². The van der Waals surface area contributed by atoms with E-state index < -0.39 is 0 Å². The van der Waals surface area contributed by atoms with Crippen LogP contribution in [0, 0.1) is 0 Å². The van der Waals surface area contributed by atoms with Gasteiger partial charge >= 0.3 is 0 Å². The number of hydrogen-bond donors (Lipinski definition) is 1. The maximum absolute atomic E-state index is 6.33. The van der Waals surface area contributed by atoms with Gasteiger partial charge in [0.2, 0.25) is 0 Å². The van der Waals surface area contributed by atoms with E-state index in [0.717, 1.165) is 18.8 Å². The average Bonchev–Trinajstić information content (AvgIpc) is 3.25.